The van der Waals surface area contributed by atoms with E-state index in [0.717, 1.165) is 25.1 Å². The third kappa shape index (κ3) is 7.42. The zero-order valence-corrected chi connectivity index (χ0v) is 28.8. The van der Waals surface area contributed by atoms with Gasteiger partial charge in [0.15, 0.2) is 0 Å². The second-order valence-corrected chi connectivity index (χ2v) is 15.0. The summed E-state index contributed by atoms with van der Waals surface area (Å²) in [5, 5.41) is 0.641. The van der Waals surface area contributed by atoms with E-state index in [4.69, 9.17) is 32.7 Å². The number of aromatic nitrogens is 2. The summed E-state index contributed by atoms with van der Waals surface area (Å²) in [5.41, 5.74) is -5.59. The molecule has 3 aromatic carbocycles. The van der Waals surface area contributed by atoms with E-state index < -0.39 is 55.2 Å². The summed E-state index contributed by atoms with van der Waals surface area (Å²) in [4.78, 5) is 67.6. The van der Waals surface area contributed by atoms with E-state index in [1.54, 1.807) is 41.5 Å². The molecule has 0 aliphatic heterocycles. The fourth-order valence-corrected chi connectivity index (χ4v) is 6.05. The number of esters is 2. The van der Waals surface area contributed by atoms with E-state index >= 15 is 0 Å². The number of hydrogen-bond acceptors (Lipinski definition) is 9. The van der Waals surface area contributed by atoms with Crippen molar-refractivity contribution >= 4 is 67.7 Å². The summed E-state index contributed by atoms with van der Waals surface area (Å²) in [6, 6.07) is 12.0. The molecule has 0 atom stereocenters. The third-order valence-electron chi connectivity index (χ3n) is 6.29. The number of amides is 1. The van der Waals surface area contributed by atoms with Crippen LogP contribution in [0.3, 0.4) is 0 Å². The Morgan fingerprint density at radius 3 is 1.87 bits per heavy atom. The van der Waals surface area contributed by atoms with Crippen LogP contribution in [-0.4, -0.2) is 46.1 Å². The second-order valence-electron chi connectivity index (χ2n) is 12.4. The summed E-state index contributed by atoms with van der Waals surface area (Å²) in [6.45, 7) is 10.8. The van der Waals surface area contributed by atoms with Crippen LogP contribution in [0.2, 0.25) is 10.0 Å². The summed E-state index contributed by atoms with van der Waals surface area (Å²) in [5.74, 6) is -2.67. The van der Waals surface area contributed by atoms with Crippen LogP contribution in [0.1, 0.15) is 69.2 Å². The van der Waals surface area contributed by atoms with Gasteiger partial charge in [-0.3, -0.25) is 9.59 Å². The van der Waals surface area contributed by atoms with Gasteiger partial charge in [-0.15, -0.1) is 3.97 Å². The van der Waals surface area contributed by atoms with E-state index in [0.29, 0.717) is 9.69 Å². The van der Waals surface area contributed by atoms with Crippen molar-refractivity contribution in [3.05, 3.63) is 103 Å². The van der Waals surface area contributed by atoms with Gasteiger partial charge < -0.3 is 9.47 Å². The van der Waals surface area contributed by atoms with Crippen LogP contribution in [0, 0.1) is 0 Å². The van der Waals surface area contributed by atoms with Crippen LogP contribution in [0.5, 0.6) is 0 Å². The molecule has 4 rings (SSSR count). The molecular formula is C32H31Cl2N3O9S. The normalized spacial score (nSPS) is 12.1. The van der Waals surface area contributed by atoms with Gasteiger partial charge in [0.2, 0.25) is 5.91 Å². The van der Waals surface area contributed by atoms with Gasteiger partial charge in [0.25, 0.3) is 15.6 Å². The molecule has 0 N–H and O–H groups in total. The van der Waals surface area contributed by atoms with Crippen LogP contribution < -0.4 is 16.3 Å². The molecule has 47 heavy (non-hydrogen) atoms. The number of benzene rings is 3. The third-order valence-corrected chi connectivity index (χ3v) is 8.44. The van der Waals surface area contributed by atoms with Crippen molar-refractivity contribution in [1.29, 1.82) is 0 Å². The number of fused-ring (bicyclic) bond motifs is 1. The van der Waals surface area contributed by atoms with Crippen LogP contribution in [0.25, 0.3) is 10.9 Å². The molecule has 0 saturated carbocycles. The van der Waals surface area contributed by atoms with Gasteiger partial charge >= 0.3 is 17.6 Å². The Hall–Kier alpha value is -4.46. The van der Waals surface area contributed by atoms with Crippen molar-refractivity contribution in [2.75, 3.05) is 5.01 Å². The fourth-order valence-electron chi connectivity index (χ4n) is 4.46. The maximum Gasteiger partial charge on any atom is 0.365 e. The molecule has 0 aliphatic rings. The van der Waals surface area contributed by atoms with Crippen molar-refractivity contribution in [2.24, 2.45) is 0 Å². The largest absolute Gasteiger partial charge is 0.456 e. The Morgan fingerprint density at radius 1 is 0.766 bits per heavy atom. The molecule has 12 nitrogen and oxygen atoms in total. The van der Waals surface area contributed by atoms with Crippen LogP contribution in [0.4, 0.5) is 5.69 Å². The molecular weight excluding hydrogens is 673 g/mol. The summed E-state index contributed by atoms with van der Waals surface area (Å²) in [6.07, 6.45) is 0. The average Bonchev–Trinajstić information content (AvgIpc) is 2.93. The maximum absolute atomic E-state index is 14.3. The topological polar surface area (TPSA) is 151 Å². The minimum atomic E-state index is -4.88. The first-order valence-electron chi connectivity index (χ1n) is 14.0. The zero-order chi connectivity index (χ0) is 35.2. The standard InChI is InChI=1S/C32H31Cl2N3O9S/c1-18(38)35(25-15-8-19(28(40)45-31(2,3)4)16-24(25)29(41)46-32(5,6)7)36-26-17-21(34)11-14-23(26)27(39)37(30(36)42)47(43,44)22-12-9-20(33)10-13-22/h8-17H,1-7H3. The highest BCUT2D eigenvalue weighted by molar-refractivity contribution is 7.90. The quantitative estimate of drug-likeness (QED) is 0.239. The Labute approximate surface area is 280 Å². The number of carbonyl (C=O) groups is 3. The van der Waals surface area contributed by atoms with E-state index in [2.05, 4.69) is 0 Å². The van der Waals surface area contributed by atoms with Gasteiger partial charge in [-0.2, -0.15) is 4.68 Å². The smallest absolute Gasteiger partial charge is 0.365 e. The van der Waals surface area contributed by atoms with Crippen molar-refractivity contribution in [1.82, 2.24) is 8.65 Å². The molecule has 0 bridgehead atoms. The monoisotopic (exact) mass is 703 g/mol. The summed E-state index contributed by atoms with van der Waals surface area (Å²) >= 11 is 12.2. The van der Waals surface area contributed by atoms with Gasteiger partial charge in [-0.05, 0) is 102 Å². The molecule has 1 aromatic heterocycles. The predicted octanol–water partition coefficient (Wildman–Crippen LogP) is 5.43. The maximum atomic E-state index is 14.3. The zero-order valence-electron chi connectivity index (χ0n) is 26.5. The number of anilines is 1. The number of halogens is 2. The lowest BCUT2D eigenvalue weighted by molar-refractivity contribution is -0.117. The van der Waals surface area contributed by atoms with Crippen molar-refractivity contribution in [3.8, 4) is 0 Å². The van der Waals surface area contributed by atoms with E-state index in [1.165, 1.54) is 42.5 Å². The van der Waals surface area contributed by atoms with E-state index in [-0.39, 0.29) is 41.7 Å². The number of rotatable bonds is 6. The molecule has 1 amide bonds. The molecule has 0 radical (unpaired) electrons. The first kappa shape index (κ1) is 35.4. The van der Waals surface area contributed by atoms with E-state index in [9.17, 15) is 32.4 Å². The van der Waals surface area contributed by atoms with Gasteiger partial charge in [0.1, 0.15) is 11.2 Å². The van der Waals surface area contributed by atoms with Crippen molar-refractivity contribution in [2.45, 2.75) is 64.6 Å². The summed E-state index contributed by atoms with van der Waals surface area (Å²) in [7, 11) is -4.88. The van der Waals surface area contributed by atoms with E-state index in [1.807, 2.05) is 0 Å². The Morgan fingerprint density at radius 2 is 1.32 bits per heavy atom. The van der Waals surface area contributed by atoms with Gasteiger partial charge in [-0.25, -0.2) is 27.8 Å². The number of carbonyl (C=O) groups excluding carboxylic acids is 3. The highest BCUT2D eigenvalue weighted by Gasteiger charge is 2.32. The highest BCUT2D eigenvalue weighted by Crippen LogP contribution is 2.29. The minimum absolute atomic E-state index is 0.00459. The lowest BCUT2D eigenvalue weighted by Crippen LogP contribution is -2.51. The molecule has 4 aromatic rings. The van der Waals surface area contributed by atoms with Gasteiger partial charge in [-0.1, -0.05) is 23.2 Å². The van der Waals surface area contributed by atoms with Crippen LogP contribution in [-0.2, 0) is 24.3 Å². The Balaban J connectivity index is 2.12. The lowest BCUT2D eigenvalue weighted by atomic mass is 10.1. The molecule has 248 valence electrons. The molecule has 1 heterocycles. The van der Waals surface area contributed by atoms with Crippen LogP contribution in [0.15, 0.2) is 75.1 Å². The Bertz CT molecular complexity index is 2160. The molecule has 0 unspecified atom stereocenters. The molecule has 0 spiro atoms. The first-order chi connectivity index (χ1) is 21.6. The molecule has 0 aliphatic carbocycles. The first-order valence-corrected chi connectivity index (χ1v) is 16.2. The summed E-state index contributed by atoms with van der Waals surface area (Å²) < 4.78 is 39.2. The Kier molecular flexibility index (Phi) is 9.51. The van der Waals surface area contributed by atoms with Crippen LogP contribution >= 0.6 is 23.2 Å². The van der Waals surface area contributed by atoms with Gasteiger partial charge in [0.05, 0.1) is 32.6 Å². The minimum Gasteiger partial charge on any atom is -0.456 e. The SMILES string of the molecule is CC(=O)N(c1ccc(C(=O)OC(C)(C)C)cc1C(=O)OC(C)(C)C)n1c(=O)n(S(=O)(=O)c2ccc(Cl)cc2)c(=O)c2ccc(Cl)cc21. The number of hydrogen-bond donors (Lipinski definition) is 0. The van der Waals surface area contributed by atoms with Crippen molar-refractivity contribution in [3.63, 3.8) is 0 Å². The number of nitrogens with zero attached hydrogens (tertiary/aromatic N) is 3. The number of ether oxygens (including phenoxy) is 2. The molecule has 0 fully saturated rings. The lowest BCUT2D eigenvalue weighted by Gasteiger charge is -2.28. The second kappa shape index (κ2) is 12.6. The molecule has 15 heteroatoms. The van der Waals surface area contributed by atoms with Gasteiger partial charge in [0, 0.05) is 17.0 Å². The highest BCUT2D eigenvalue weighted by atomic mass is 35.5. The average molecular weight is 705 g/mol. The fraction of sp³-hybridized carbons (Fsp3) is 0.281. The molecule has 0 saturated heterocycles. The predicted molar refractivity (Wildman–Crippen MR) is 177 cm³/mol. The van der Waals surface area contributed by atoms with Crippen molar-refractivity contribution < 1.29 is 32.3 Å².